The number of aromatic nitrogens is 2. The number of anilines is 1. The van der Waals surface area contributed by atoms with Crippen molar-refractivity contribution in [3.8, 4) is 11.3 Å². The lowest BCUT2D eigenvalue weighted by molar-refractivity contribution is 0.596. The second kappa shape index (κ2) is 6.09. The predicted octanol–water partition coefficient (Wildman–Crippen LogP) is 1.95. The van der Waals surface area contributed by atoms with Gasteiger partial charge in [-0.3, -0.25) is 5.10 Å². The summed E-state index contributed by atoms with van der Waals surface area (Å²) >= 11 is 0. The highest BCUT2D eigenvalue weighted by Gasteiger charge is 2.12. The van der Waals surface area contributed by atoms with Crippen molar-refractivity contribution in [2.24, 2.45) is 0 Å². The van der Waals surface area contributed by atoms with E-state index in [9.17, 15) is 8.42 Å². The quantitative estimate of drug-likeness (QED) is 0.884. The Hall–Kier alpha value is -1.82. The Morgan fingerprint density at radius 2 is 1.95 bits per heavy atom. The van der Waals surface area contributed by atoms with Gasteiger partial charge in [-0.15, -0.1) is 0 Å². The van der Waals surface area contributed by atoms with E-state index in [2.05, 4.69) is 10.2 Å². The molecule has 0 aliphatic heterocycles. The number of aromatic amines is 1. The molecule has 0 radical (unpaired) electrons. The minimum atomic E-state index is -2.95. The van der Waals surface area contributed by atoms with Crippen molar-refractivity contribution in [1.29, 1.82) is 0 Å². The molecular weight excluding hydrogens is 274 g/mol. The van der Waals surface area contributed by atoms with Crippen LogP contribution < -0.4 is 4.90 Å². The van der Waals surface area contributed by atoms with Crippen LogP contribution in [0, 0.1) is 0 Å². The number of rotatable bonds is 6. The van der Waals surface area contributed by atoms with Gasteiger partial charge in [-0.1, -0.05) is 37.3 Å². The SMILES string of the molecule is CCS(=O)(=O)CCN(C)c1cc(-c2ccccc2)[nH]n1. The molecular formula is C14H19N3O2S. The van der Waals surface area contributed by atoms with Gasteiger partial charge in [0, 0.05) is 25.4 Å². The zero-order chi connectivity index (χ0) is 14.6. The van der Waals surface area contributed by atoms with E-state index in [1.807, 2.05) is 48.3 Å². The molecule has 0 spiro atoms. The molecule has 1 N–H and O–H groups in total. The number of hydrogen-bond acceptors (Lipinski definition) is 4. The molecule has 20 heavy (non-hydrogen) atoms. The van der Waals surface area contributed by atoms with Crippen LogP contribution in [-0.4, -0.2) is 43.7 Å². The van der Waals surface area contributed by atoms with Gasteiger partial charge in [-0.2, -0.15) is 5.10 Å². The van der Waals surface area contributed by atoms with Crippen molar-refractivity contribution in [1.82, 2.24) is 10.2 Å². The molecule has 0 unspecified atom stereocenters. The molecule has 0 amide bonds. The summed E-state index contributed by atoms with van der Waals surface area (Å²) in [5.41, 5.74) is 1.98. The summed E-state index contributed by atoms with van der Waals surface area (Å²) in [6.45, 7) is 2.10. The fourth-order valence-corrected chi connectivity index (χ4v) is 2.65. The normalized spacial score (nSPS) is 11.5. The molecule has 0 fully saturated rings. The maximum Gasteiger partial charge on any atom is 0.151 e. The predicted molar refractivity (Wildman–Crippen MR) is 81.6 cm³/mol. The van der Waals surface area contributed by atoms with Crippen LogP contribution in [0.15, 0.2) is 36.4 Å². The van der Waals surface area contributed by atoms with E-state index < -0.39 is 9.84 Å². The zero-order valence-electron chi connectivity index (χ0n) is 11.7. The van der Waals surface area contributed by atoms with Crippen LogP contribution in [0.1, 0.15) is 6.92 Å². The van der Waals surface area contributed by atoms with E-state index >= 15 is 0 Å². The molecule has 0 saturated heterocycles. The van der Waals surface area contributed by atoms with E-state index in [1.54, 1.807) is 6.92 Å². The molecule has 2 aromatic rings. The molecule has 0 saturated carbocycles. The molecule has 2 rings (SSSR count). The first-order valence-electron chi connectivity index (χ1n) is 6.54. The van der Waals surface area contributed by atoms with Crippen LogP contribution in [0.2, 0.25) is 0 Å². The molecule has 5 nitrogen and oxygen atoms in total. The zero-order valence-corrected chi connectivity index (χ0v) is 12.5. The maximum atomic E-state index is 11.5. The van der Waals surface area contributed by atoms with Crippen molar-refractivity contribution in [2.45, 2.75) is 6.92 Å². The van der Waals surface area contributed by atoms with Gasteiger partial charge in [0.05, 0.1) is 11.4 Å². The molecule has 0 atom stereocenters. The first-order chi connectivity index (χ1) is 9.52. The van der Waals surface area contributed by atoms with E-state index in [0.29, 0.717) is 6.54 Å². The molecule has 6 heteroatoms. The number of nitrogens with one attached hydrogen (secondary N) is 1. The van der Waals surface area contributed by atoms with Gasteiger partial charge in [-0.25, -0.2) is 8.42 Å². The molecule has 108 valence electrons. The lowest BCUT2D eigenvalue weighted by Crippen LogP contribution is -2.26. The standard InChI is InChI=1S/C14H19N3O2S/c1-3-20(18,19)10-9-17(2)14-11-13(15-16-14)12-7-5-4-6-8-12/h4-8,11H,3,9-10H2,1-2H3,(H,15,16). The Balaban J connectivity index is 2.05. The third kappa shape index (κ3) is 3.60. The summed E-state index contributed by atoms with van der Waals surface area (Å²) in [6, 6.07) is 11.8. The average Bonchev–Trinajstić information content (AvgIpc) is 2.96. The summed E-state index contributed by atoms with van der Waals surface area (Å²) < 4.78 is 23.0. The molecule has 1 heterocycles. The molecule has 1 aromatic heterocycles. The number of hydrogen-bond donors (Lipinski definition) is 1. The van der Waals surface area contributed by atoms with E-state index in [0.717, 1.165) is 17.1 Å². The van der Waals surface area contributed by atoms with Gasteiger partial charge >= 0.3 is 0 Å². The number of sulfone groups is 1. The number of H-pyrrole nitrogens is 1. The first-order valence-corrected chi connectivity index (χ1v) is 8.36. The van der Waals surface area contributed by atoms with Crippen molar-refractivity contribution in [3.05, 3.63) is 36.4 Å². The third-order valence-corrected chi connectivity index (χ3v) is 4.90. The van der Waals surface area contributed by atoms with Gasteiger partial charge in [0.25, 0.3) is 0 Å². The Morgan fingerprint density at radius 1 is 1.25 bits per heavy atom. The van der Waals surface area contributed by atoms with E-state index in [1.165, 1.54) is 0 Å². The molecule has 1 aromatic carbocycles. The van der Waals surface area contributed by atoms with Gasteiger partial charge in [-0.05, 0) is 5.56 Å². The third-order valence-electron chi connectivity index (χ3n) is 3.22. The van der Waals surface area contributed by atoms with Crippen LogP contribution in [0.5, 0.6) is 0 Å². The minimum absolute atomic E-state index is 0.146. The van der Waals surface area contributed by atoms with Gasteiger partial charge in [0.1, 0.15) is 0 Å². The fraction of sp³-hybridized carbons (Fsp3) is 0.357. The Bertz CT molecular complexity index is 650. The fourth-order valence-electron chi connectivity index (χ4n) is 1.81. The lowest BCUT2D eigenvalue weighted by atomic mass is 10.1. The summed E-state index contributed by atoms with van der Waals surface area (Å²) in [5, 5.41) is 7.20. The van der Waals surface area contributed by atoms with Crippen molar-refractivity contribution in [2.75, 3.05) is 30.0 Å². The lowest BCUT2D eigenvalue weighted by Gasteiger charge is -2.15. The van der Waals surface area contributed by atoms with E-state index in [4.69, 9.17) is 0 Å². The highest BCUT2D eigenvalue weighted by atomic mass is 32.2. The van der Waals surface area contributed by atoms with Crippen molar-refractivity contribution in [3.63, 3.8) is 0 Å². The Kier molecular flexibility index (Phi) is 4.44. The van der Waals surface area contributed by atoms with Crippen LogP contribution in [0.4, 0.5) is 5.82 Å². The minimum Gasteiger partial charge on any atom is -0.357 e. The maximum absolute atomic E-state index is 11.5. The average molecular weight is 293 g/mol. The van der Waals surface area contributed by atoms with Gasteiger partial charge in [0.15, 0.2) is 15.7 Å². The largest absolute Gasteiger partial charge is 0.357 e. The highest BCUT2D eigenvalue weighted by Crippen LogP contribution is 2.20. The smallest absolute Gasteiger partial charge is 0.151 e. The number of benzene rings is 1. The summed E-state index contributed by atoms with van der Waals surface area (Å²) in [4.78, 5) is 1.84. The second-order valence-electron chi connectivity index (χ2n) is 4.66. The monoisotopic (exact) mass is 293 g/mol. The highest BCUT2D eigenvalue weighted by molar-refractivity contribution is 7.91. The second-order valence-corrected chi connectivity index (χ2v) is 7.14. The summed E-state index contributed by atoms with van der Waals surface area (Å²) in [7, 11) is -1.10. The van der Waals surface area contributed by atoms with E-state index in [-0.39, 0.29) is 11.5 Å². The first kappa shape index (κ1) is 14.6. The Morgan fingerprint density at radius 3 is 2.60 bits per heavy atom. The van der Waals surface area contributed by atoms with Gasteiger partial charge in [0.2, 0.25) is 0 Å². The molecule has 0 aliphatic rings. The van der Waals surface area contributed by atoms with Crippen molar-refractivity contribution >= 4 is 15.7 Å². The molecule has 0 aliphatic carbocycles. The van der Waals surface area contributed by atoms with Gasteiger partial charge < -0.3 is 4.90 Å². The van der Waals surface area contributed by atoms with Crippen LogP contribution >= 0.6 is 0 Å². The van der Waals surface area contributed by atoms with Crippen LogP contribution in [0.25, 0.3) is 11.3 Å². The number of nitrogens with zero attached hydrogens (tertiary/aromatic N) is 2. The van der Waals surface area contributed by atoms with Crippen LogP contribution in [-0.2, 0) is 9.84 Å². The summed E-state index contributed by atoms with van der Waals surface area (Å²) in [5.74, 6) is 1.07. The van der Waals surface area contributed by atoms with Crippen molar-refractivity contribution < 1.29 is 8.42 Å². The molecule has 0 bridgehead atoms. The Labute approximate surface area is 119 Å². The van der Waals surface area contributed by atoms with Crippen LogP contribution in [0.3, 0.4) is 0 Å². The topological polar surface area (TPSA) is 66.1 Å². The summed E-state index contributed by atoms with van der Waals surface area (Å²) in [6.07, 6.45) is 0.